The Morgan fingerprint density at radius 2 is 1.35 bits per heavy atom. The van der Waals surface area contributed by atoms with Crippen LogP contribution in [0.4, 0.5) is 26.3 Å². The van der Waals surface area contributed by atoms with E-state index in [9.17, 15) is 26.3 Å². The lowest BCUT2D eigenvalue weighted by Crippen LogP contribution is -2.47. The maximum absolute atomic E-state index is 12.6. The molecule has 2 nitrogen and oxygen atoms in total. The maximum Gasteiger partial charge on any atom is 0.403 e. The first kappa shape index (κ1) is 18.3. The molecule has 0 aromatic carbocycles. The standard InChI is InChI=1S/C12H12F6N2/c1-8(2)4-3-5-10(6-19,7-20)9(11(13,14)15)12(16,17)18/h3-4,8-9H,5H2,1-2H3/b4-3+. The Balaban J connectivity index is 5.75. The van der Waals surface area contributed by atoms with E-state index in [-0.39, 0.29) is 5.92 Å². The van der Waals surface area contributed by atoms with Gasteiger partial charge in [-0.05, 0) is 12.3 Å². The minimum Gasteiger partial charge on any atom is -0.197 e. The second-order valence-electron chi connectivity index (χ2n) is 4.59. The molecule has 112 valence electrons. The average Bonchev–Trinajstić information content (AvgIpc) is 2.23. The fraction of sp³-hybridized carbons (Fsp3) is 0.667. The van der Waals surface area contributed by atoms with Gasteiger partial charge in [-0.3, -0.25) is 0 Å². The second-order valence-corrected chi connectivity index (χ2v) is 4.59. The van der Waals surface area contributed by atoms with Crippen LogP contribution in [0, 0.1) is 39.9 Å². The summed E-state index contributed by atoms with van der Waals surface area (Å²) in [6.45, 7) is 3.31. The molecule has 0 N–H and O–H groups in total. The first-order valence-corrected chi connectivity index (χ1v) is 5.53. The van der Waals surface area contributed by atoms with Crippen molar-refractivity contribution in [1.29, 1.82) is 10.5 Å². The van der Waals surface area contributed by atoms with Gasteiger partial charge in [0.1, 0.15) is 0 Å². The van der Waals surface area contributed by atoms with Gasteiger partial charge in [0.25, 0.3) is 0 Å². The molecular formula is C12H12F6N2. The minimum atomic E-state index is -5.73. The molecule has 0 atom stereocenters. The van der Waals surface area contributed by atoms with Crippen molar-refractivity contribution >= 4 is 0 Å². The van der Waals surface area contributed by atoms with Crippen LogP contribution in [0.5, 0.6) is 0 Å². The molecule has 20 heavy (non-hydrogen) atoms. The molecule has 0 aliphatic rings. The quantitative estimate of drug-likeness (QED) is 0.571. The number of hydrogen-bond acceptors (Lipinski definition) is 2. The number of alkyl halides is 6. The zero-order valence-corrected chi connectivity index (χ0v) is 10.7. The van der Waals surface area contributed by atoms with Crippen LogP contribution in [-0.4, -0.2) is 12.4 Å². The molecule has 0 aliphatic heterocycles. The first-order valence-electron chi connectivity index (χ1n) is 5.53. The normalized spacial score (nSPS) is 13.8. The predicted octanol–water partition coefficient (Wildman–Crippen LogP) is 4.36. The second kappa shape index (κ2) is 6.17. The molecule has 0 rings (SSSR count). The molecule has 0 saturated heterocycles. The number of hydrogen-bond donors (Lipinski definition) is 0. The summed E-state index contributed by atoms with van der Waals surface area (Å²) in [7, 11) is 0. The van der Waals surface area contributed by atoms with Crippen molar-refractivity contribution in [3.63, 3.8) is 0 Å². The van der Waals surface area contributed by atoms with Gasteiger partial charge in [-0.25, -0.2) is 0 Å². The Bertz CT molecular complexity index is 405. The highest BCUT2D eigenvalue weighted by molar-refractivity contribution is 5.21. The Morgan fingerprint density at radius 1 is 0.950 bits per heavy atom. The van der Waals surface area contributed by atoms with Crippen molar-refractivity contribution in [2.75, 3.05) is 0 Å². The molecule has 0 radical (unpaired) electrons. The van der Waals surface area contributed by atoms with Crippen LogP contribution >= 0.6 is 0 Å². The third-order valence-electron chi connectivity index (χ3n) is 2.51. The van der Waals surface area contributed by atoms with Crippen LogP contribution in [0.25, 0.3) is 0 Å². The third-order valence-corrected chi connectivity index (χ3v) is 2.51. The first-order chi connectivity index (χ1) is 8.90. The van der Waals surface area contributed by atoms with Crippen LogP contribution in [0.15, 0.2) is 12.2 Å². The van der Waals surface area contributed by atoms with Crippen LogP contribution in [0.3, 0.4) is 0 Å². The Hall–Kier alpha value is -1.70. The van der Waals surface area contributed by atoms with Gasteiger partial charge in [-0.15, -0.1) is 0 Å². The van der Waals surface area contributed by atoms with E-state index in [0.29, 0.717) is 0 Å². The zero-order valence-electron chi connectivity index (χ0n) is 10.7. The van der Waals surface area contributed by atoms with E-state index in [4.69, 9.17) is 10.5 Å². The van der Waals surface area contributed by atoms with Crippen LogP contribution < -0.4 is 0 Å². The van der Waals surface area contributed by atoms with E-state index in [1.54, 1.807) is 13.8 Å². The number of nitriles is 2. The van der Waals surface area contributed by atoms with E-state index in [1.165, 1.54) is 6.08 Å². The highest BCUT2D eigenvalue weighted by atomic mass is 19.4. The predicted molar refractivity (Wildman–Crippen MR) is 57.9 cm³/mol. The number of rotatable bonds is 4. The van der Waals surface area contributed by atoms with Gasteiger partial charge >= 0.3 is 12.4 Å². The van der Waals surface area contributed by atoms with Crippen molar-refractivity contribution in [3.8, 4) is 12.1 Å². The summed E-state index contributed by atoms with van der Waals surface area (Å²) in [6.07, 6.45) is -10.1. The molecule has 0 aromatic heterocycles. The van der Waals surface area contributed by atoms with E-state index in [2.05, 4.69) is 0 Å². The average molecular weight is 298 g/mol. The SMILES string of the molecule is CC(C)/C=C/CC(C#N)(C#N)C(C(F)(F)F)C(F)(F)F. The van der Waals surface area contributed by atoms with Gasteiger partial charge in [0, 0.05) is 0 Å². The molecule has 0 aromatic rings. The molecule has 0 heterocycles. The number of halogens is 6. The lowest BCUT2D eigenvalue weighted by molar-refractivity contribution is -0.302. The van der Waals surface area contributed by atoms with Gasteiger partial charge in [0.15, 0.2) is 11.3 Å². The van der Waals surface area contributed by atoms with E-state index >= 15 is 0 Å². The van der Waals surface area contributed by atoms with Crippen molar-refractivity contribution < 1.29 is 26.3 Å². The lowest BCUT2D eigenvalue weighted by Gasteiger charge is -2.31. The van der Waals surface area contributed by atoms with Crippen LogP contribution in [-0.2, 0) is 0 Å². The van der Waals surface area contributed by atoms with Gasteiger partial charge in [0.2, 0.25) is 0 Å². The highest BCUT2D eigenvalue weighted by Crippen LogP contribution is 2.50. The summed E-state index contributed by atoms with van der Waals surface area (Å²) >= 11 is 0. The molecule has 0 unspecified atom stereocenters. The van der Waals surface area contributed by atoms with Gasteiger partial charge < -0.3 is 0 Å². The third kappa shape index (κ3) is 4.44. The Labute approximate surface area is 112 Å². The van der Waals surface area contributed by atoms with Crippen molar-refractivity contribution in [2.45, 2.75) is 32.6 Å². The summed E-state index contributed by atoms with van der Waals surface area (Å²) in [4.78, 5) is 0. The zero-order chi connectivity index (χ0) is 16.2. The monoisotopic (exact) mass is 298 g/mol. The lowest BCUT2D eigenvalue weighted by atomic mass is 9.74. The van der Waals surface area contributed by atoms with E-state index in [0.717, 1.165) is 18.2 Å². The van der Waals surface area contributed by atoms with Crippen molar-refractivity contribution in [3.05, 3.63) is 12.2 Å². The van der Waals surface area contributed by atoms with E-state index in [1.807, 2.05) is 0 Å². The highest BCUT2D eigenvalue weighted by Gasteiger charge is 2.67. The summed E-state index contributed by atoms with van der Waals surface area (Å²) in [5, 5.41) is 17.5. The van der Waals surface area contributed by atoms with Crippen molar-refractivity contribution in [1.82, 2.24) is 0 Å². The molecule has 8 heteroatoms. The number of allylic oxidation sites excluding steroid dienone is 2. The molecule has 0 amide bonds. The summed E-state index contributed by atoms with van der Waals surface area (Å²) < 4.78 is 75.7. The summed E-state index contributed by atoms with van der Waals surface area (Å²) in [5.41, 5.74) is -3.22. The molecular weight excluding hydrogens is 286 g/mol. The van der Waals surface area contributed by atoms with Crippen molar-refractivity contribution in [2.24, 2.45) is 17.3 Å². The van der Waals surface area contributed by atoms with Crippen LogP contribution in [0.1, 0.15) is 20.3 Å². The summed E-state index contributed by atoms with van der Waals surface area (Å²) in [6, 6.07) is 1.80. The van der Waals surface area contributed by atoms with Crippen LogP contribution in [0.2, 0.25) is 0 Å². The van der Waals surface area contributed by atoms with Gasteiger partial charge in [-0.2, -0.15) is 36.9 Å². The fourth-order valence-electron chi connectivity index (χ4n) is 1.63. The van der Waals surface area contributed by atoms with Gasteiger partial charge in [0.05, 0.1) is 12.1 Å². The molecule has 0 bridgehead atoms. The molecule has 0 saturated carbocycles. The minimum absolute atomic E-state index is 0.125. The molecule has 0 spiro atoms. The maximum atomic E-state index is 12.6. The summed E-state index contributed by atoms with van der Waals surface area (Å²) in [5.74, 6) is -4.13. The topological polar surface area (TPSA) is 47.6 Å². The van der Waals surface area contributed by atoms with E-state index < -0.39 is 30.1 Å². The van der Waals surface area contributed by atoms with Gasteiger partial charge in [-0.1, -0.05) is 26.0 Å². The molecule has 0 fully saturated rings. The Morgan fingerprint density at radius 3 is 1.60 bits per heavy atom. The molecule has 0 aliphatic carbocycles. The number of nitrogens with zero attached hydrogens (tertiary/aromatic N) is 2. The largest absolute Gasteiger partial charge is 0.403 e. The fourth-order valence-corrected chi connectivity index (χ4v) is 1.63. The smallest absolute Gasteiger partial charge is 0.197 e. The Kier molecular flexibility index (Phi) is 5.64.